The Labute approximate surface area is 241 Å². The van der Waals surface area contributed by atoms with E-state index in [1.165, 1.54) is 35.9 Å². The van der Waals surface area contributed by atoms with Gasteiger partial charge >= 0.3 is 4.87 Å². The number of H-pyrrole nitrogens is 1. The topological polar surface area (TPSA) is 138 Å². The Morgan fingerprint density at radius 1 is 1.00 bits per heavy atom. The Morgan fingerprint density at radius 2 is 1.76 bits per heavy atom. The Kier molecular flexibility index (Phi) is 7.01. The number of thioether (sulfide) groups is 1. The quantitative estimate of drug-likeness (QED) is 0.218. The third-order valence-corrected chi connectivity index (χ3v) is 9.30. The van der Waals surface area contributed by atoms with E-state index < -0.39 is 23.0 Å². The summed E-state index contributed by atoms with van der Waals surface area (Å²) in [5.41, 5.74) is 1.68. The number of thiazole rings is 1. The smallest absolute Gasteiger partial charge is 0.305 e. The molecule has 3 amide bonds. The lowest BCUT2D eigenvalue weighted by molar-refractivity contribution is -0.122. The predicted molar refractivity (Wildman–Crippen MR) is 154 cm³/mol. The molecular weight excluding hydrogens is 566 g/mol. The molecule has 3 heterocycles. The summed E-state index contributed by atoms with van der Waals surface area (Å²) in [7, 11) is 1.46. The van der Waals surface area contributed by atoms with Crippen molar-refractivity contribution >= 4 is 52.2 Å². The Bertz CT molecular complexity index is 1700. The second kappa shape index (κ2) is 10.8. The third kappa shape index (κ3) is 4.96. The minimum absolute atomic E-state index is 0.0856. The van der Waals surface area contributed by atoms with Gasteiger partial charge in [-0.05, 0) is 54.1 Å². The highest BCUT2D eigenvalue weighted by Crippen LogP contribution is 2.53. The number of nitrogens with one attached hydrogen (secondary N) is 2. The number of aromatic hydroxyl groups is 1. The number of methoxy groups -OCH3 is 1. The molecule has 3 aromatic carbocycles. The third-order valence-electron chi connectivity index (χ3n) is 6.89. The molecule has 0 saturated carbocycles. The van der Waals surface area contributed by atoms with Crippen molar-refractivity contribution in [3.63, 3.8) is 0 Å². The number of amides is 3. The highest BCUT2D eigenvalue weighted by Gasteiger charge is 2.56. The van der Waals surface area contributed by atoms with E-state index in [0.717, 1.165) is 11.3 Å². The van der Waals surface area contributed by atoms with Gasteiger partial charge in [-0.2, -0.15) is 0 Å². The maximum atomic E-state index is 13.8. The van der Waals surface area contributed by atoms with Crippen molar-refractivity contribution in [3.05, 3.63) is 92.9 Å². The summed E-state index contributed by atoms with van der Waals surface area (Å²) in [5.74, 6) is -1.66. The molecule has 2 unspecified atom stereocenters. The predicted octanol–water partition coefficient (Wildman–Crippen LogP) is 3.96. The first-order chi connectivity index (χ1) is 19.8. The van der Waals surface area contributed by atoms with Crippen molar-refractivity contribution in [3.8, 4) is 17.2 Å². The number of aromatic amines is 1. The lowest BCUT2D eigenvalue weighted by Crippen LogP contribution is -2.32. The molecule has 3 N–H and O–H groups in total. The first-order valence-corrected chi connectivity index (χ1v) is 14.3. The number of nitrogens with zero attached hydrogens (tertiary/aromatic N) is 1. The van der Waals surface area contributed by atoms with Crippen molar-refractivity contribution in [1.82, 2.24) is 4.98 Å². The minimum atomic E-state index is -0.737. The van der Waals surface area contributed by atoms with E-state index in [2.05, 4.69) is 10.3 Å². The molecular formula is C29H23N3O7S2. The van der Waals surface area contributed by atoms with Gasteiger partial charge in [0.1, 0.15) is 11.0 Å². The molecule has 208 valence electrons. The largest absolute Gasteiger partial charge is 0.508 e. The zero-order valence-corrected chi connectivity index (χ0v) is 23.2. The first kappa shape index (κ1) is 26.7. The molecule has 0 aliphatic carbocycles. The molecule has 0 bridgehead atoms. The molecule has 0 spiro atoms. The number of phenolic OH excluding ortho intramolecular Hbond substituents is 1. The van der Waals surface area contributed by atoms with Crippen LogP contribution in [-0.2, 0) is 14.4 Å². The number of ether oxygens (including phenoxy) is 2. The number of imide groups is 1. The average Bonchev–Trinajstić information content (AvgIpc) is 3.47. The van der Waals surface area contributed by atoms with Crippen molar-refractivity contribution in [2.45, 2.75) is 16.2 Å². The number of benzene rings is 3. The maximum absolute atomic E-state index is 13.8. The molecule has 1 saturated heterocycles. The normalized spacial score (nSPS) is 19.4. The van der Waals surface area contributed by atoms with Crippen molar-refractivity contribution in [2.75, 3.05) is 23.9 Å². The van der Waals surface area contributed by atoms with Gasteiger partial charge in [-0.15, -0.1) is 0 Å². The van der Waals surface area contributed by atoms with Gasteiger partial charge in [-0.1, -0.05) is 47.4 Å². The van der Waals surface area contributed by atoms with Gasteiger partial charge in [-0.3, -0.25) is 19.2 Å². The summed E-state index contributed by atoms with van der Waals surface area (Å²) in [4.78, 5) is 56.6. The van der Waals surface area contributed by atoms with Gasteiger partial charge in [-0.25, -0.2) is 4.90 Å². The van der Waals surface area contributed by atoms with Gasteiger partial charge in [0.2, 0.25) is 11.8 Å². The van der Waals surface area contributed by atoms with Crippen LogP contribution in [0.1, 0.15) is 16.4 Å². The average molecular weight is 590 g/mol. The number of para-hydroxylation sites is 1. The van der Waals surface area contributed by atoms with Gasteiger partial charge in [0, 0.05) is 16.5 Å². The van der Waals surface area contributed by atoms with Crippen LogP contribution in [0.25, 0.3) is 0 Å². The molecule has 3 atom stereocenters. The highest BCUT2D eigenvalue weighted by molar-refractivity contribution is 8.00. The van der Waals surface area contributed by atoms with Crippen LogP contribution < -0.4 is 24.6 Å². The second-order valence-electron chi connectivity index (χ2n) is 9.39. The van der Waals surface area contributed by atoms with Crippen LogP contribution in [0.4, 0.5) is 11.4 Å². The van der Waals surface area contributed by atoms with E-state index in [4.69, 9.17) is 9.47 Å². The summed E-state index contributed by atoms with van der Waals surface area (Å²) in [6.07, 6.45) is 0. The highest BCUT2D eigenvalue weighted by atomic mass is 32.2. The molecule has 12 heteroatoms. The SMILES string of the molecule is COc1cc([C@H]2c3sc(=O)[nH]c3SC3C(=O)N(c4ccccc4)C(=O)C32)ccc1OCC(=O)Nc1ccc(O)cc1. The van der Waals surface area contributed by atoms with E-state index in [-0.39, 0.29) is 29.0 Å². The summed E-state index contributed by atoms with van der Waals surface area (Å²) < 4.78 is 11.3. The first-order valence-electron chi connectivity index (χ1n) is 12.6. The number of hydrogen-bond acceptors (Lipinski definition) is 9. The molecule has 0 radical (unpaired) electrons. The van der Waals surface area contributed by atoms with Crippen LogP contribution in [-0.4, -0.2) is 46.8 Å². The number of fused-ring (bicyclic) bond motifs is 2. The Morgan fingerprint density at radius 3 is 2.49 bits per heavy atom. The molecule has 10 nitrogen and oxygen atoms in total. The number of hydrogen-bond donors (Lipinski definition) is 3. The molecule has 6 rings (SSSR count). The van der Waals surface area contributed by atoms with Crippen LogP contribution >= 0.6 is 23.1 Å². The Hall–Kier alpha value is -4.55. The summed E-state index contributed by atoms with van der Waals surface area (Å²) in [5, 5.41) is 12.0. The molecule has 1 aromatic heterocycles. The van der Waals surface area contributed by atoms with E-state index in [1.807, 2.05) is 6.07 Å². The van der Waals surface area contributed by atoms with E-state index in [1.54, 1.807) is 54.6 Å². The number of rotatable bonds is 7. The molecule has 4 aromatic rings. The maximum Gasteiger partial charge on any atom is 0.305 e. The van der Waals surface area contributed by atoms with Crippen molar-refractivity contribution in [1.29, 1.82) is 0 Å². The van der Waals surface area contributed by atoms with Crippen molar-refractivity contribution < 1.29 is 29.0 Å². The monoisotopic (exact) mass is 589 g/mol. The van der Waals surface area contributed by atoms with Gasteiger partial charge in [0.15, 0.2) is 18.1 Å². The molecule has 2 aliphatic heterocycles. The van der Waals surface area contributed by atoms with Crippen LogP contribution in [0.3, 0.4) is 0 Å². The molecule has 1 fully saturated rings. The lowest BCUT2D eigenvalue weighted by atomic mass is 9.83. The van der Waals surface area contributed by atoms with Crippen LogP contribution in [0.2, 0.25) is 0 Å². The van der Waals surface area contributed by atoms with E-state index in [9.17, 15) is 24.3 Å². The van der Waals surface area contributed by atoms with Crippen LogP contribution in [0.5, 0.6) is 17.2 Å². The zero-order chi connectivity index (χ0) is 28.7. The summed E-state index contributed by atoms with van der Waals surface area (Å²) in [6, 6.07) is 19.9. The standard InChI is InChI=1S/C29H23N3O7S2/c1-38-20-13-15(7-12-19(20)39-14-21(34)30-16-8-10-18(33)11-9-16)22-23-25(40-26-24(22)41-29(37)31-26)28(36)32(27(23)35)17-5-3-2-4-6-17/h2-13,22-23,25,33H,14H2,1H3,(H,30,34)(H,31,37)/t22-,23?,25?/m1/s1. The zero-order valence-electron chi connectivity index (χ0n) is 21.5. The number of phenols is 1. The number of anilines is 2. The lowest BCUT2D eigenvalue weighted by Gasteiger charge is -2.30. The van der Waals surface area contributed by atoms with Gasteiger partial charge in [0.05, 0.1) is 23.7 Å². The fourth-order valence-corrected chi connectivity index (χ4v) is 7.60. The van der Waals surface area contributed by atoms with Crippen LogP contribution in [0, 0.1) is 5.92 Å². The van der Waals surface area contributed by atoms with E-state index in [0.29, 0.717) is 38.3 Å². The second-order valence-corrected chi connectivity index (χ2v) is 11.6. The minimum Gasteiger partial charge on any atom is -0.508 e. The van der Waals surface area contributed by atoms with Gasteiger partial charge < -0.3 is 24.9 Å². The molecule has 2 aliphatic rings. The van der Waals surface area contributed by atoms with Crippen molar-refractivity contribution in [2.24, 2.45) is 5.92 Å². The van der Waals surface area contributed by atoms with Crippen LogP contribution in [0.15, 0.2) is 82.6 Å². The van der Waals surface area contributed by atoms with Gasteiger partial charge in [0.25, 0.3) is 5.91 Å². The molecule has 41 heavy (non-hydrogen) atoms. The summed E-state index contributed by atoms with van der Waals surface area (Å²) in [6.45, 7) is -0.302. The number of carbonyl (C=O) groups is 3. The fraction of sp³-hybridized carbons (Fsp3) is 0.172. The fourth-order valence-electron chi connectivity index (χ4n) is 5.09. The number of carbonyl (C=O) groups excluding carboxylic acids is 3. The van der Waals surface area contributed by atoms with E-state index >= 15 is 0 Å². The number of aromatic nitrogens is 1. The Balaban J connectivity index is 1.29. The summed E-state index contributed by atoms with van der Waals surface area (Å²) >= 11 is 2.23.